The van der Waals surface area contributed by atoms with Crippen LogP contribution < -0.4 is 0 Å². The topological polar surface area (TPSA) is 69.9 Å². The summed E-state index contributed by atoms with van der Waals surface area (Å²) in [6.45, 7) is 0. The van der Waals surface area contributed by atoms with Crippen molar-refractivity contribution in [1.82, 2.24) is 19.5 Å². The second kappa shape index (κ2) is 15.6. The zero-order valence-electron chi connectivity index (χ0n) is 37.0. The number of nitrogens with zero attached hydrogens (tertiary/aromatic N) is 4. The van der Waals surface area contributed by atoms with E-state index in [2.05, 4.69) is 187 Å². The monoisotopic (exact) mass is 882 g/mol. The molecule has 69 heavy (non-hydrogen) atoms. The predicted octanol–water partition coefficient (Wildman–Crippen LogP) is 16.8. The van der Waals surface area contributed by atoms with E-state index >= 15 is 0 Å². The van der Waals surface area contributed by atoms with Crippen LogP contribution in [0.4, 0.5) is 0 Å². The van der Waals surface area contributed by atoms with Crippen molar-refractivity contribution in [2.75, 3.05) is 0 Å². The van der Waals surface area contributed by atoms with Gasteiger partial charge in [0, 0.05) is 49.0 Å². The van der Waals surface area contributed by atoms with Crippen molar-refractivity contribution >= 4 is 65.7 Å². The Bertz CT molecular complexity index is 4290. The molecule has 4 heterocycles. The lowest BCUT2D eigenvalue weighted by atomic mass is 9.97. The van der Waals surface area contributed by atoms with Gasteiger partial charge in [-0.1, -0.05) is 182 Å². The van der Waals surface area contributed by atoms with E-state index in [1.807, 2.05) is 48.5 Å². The van der Waals surface area contributed by atoms with Gasteiger partial charge in [-0.05, 0) is 81.9 Å². The van der Waals surface area contributed by atoms with E-state index < -0.39 is 0 Å². The first-order valence-electron chi connectivity index (χ1n) is 23.2. The van der Waals surface area contributed by atoms with E-state index in [1.165, 1.54) is 21.9 Å². The summed E-state index contributed by atoms with van der Waals surface area (Å²) in [6.07, 6.45) is 0. The van der Waals surface area contributed by atoms with E-state index in [4.69, 9.17) is 23.8 Å². The van der Waals surface area contributed by atoms with Crippen LogP contribution in [0.2, 0.25) is 0 Å². The van der Waals surface area contributed by atoms with E-state index in [0.29, 0.717) is 17.5 Å². The number of hydrogen-bond donors (Lipinski definition) is 0. The molecule has 14 aromatic rings. The van der Waals surface area contributed by atoms with Gasteiger partial charge in [0.2, 0.25) is 0 Å². The average Bonchev–Trinajstić information content (AvgIpc) is 4.11. The molecular weight excluding hydrogens is 845 g/mol. The summed E-state index contributed by atoms with van der Waals surface area (Å²) in [7, 11) is 0. The first-order chi connectivity index (χ1) is 34.2. The number of rotatable bonds is 7. The summed E-state index contributed by atoms with van der Waals surface area (Å²) in [5.41, 5.74) is 15.9. The van der Waals surface area contributed by atoms with Crippen molar-refractivity contribution in [3.8, 4) is 73.2 Å². The quantitative estimate of drug-likeness (QED) is 0.159. The number of benzene rings is 10. The Hall–Kier alpha value is -9.39. The number of aromatic nitrogens is 4. The zero-order chi connectivity index (χ0) is 45.4. The Kier molecular flexibility index (Phi) is 8.79. The first-order valence-corrected chi connectivity index (χ1v) is 23.2. The lowest BCUT2D eigenvalue weighted by molar-refractivity contribution is 0.666. The minimum Gasteiger partial charge on any atom is -0.456 e. The predicted molar refractivity (Wildman–Crippen MR) is 281 cm³/mol. The summed E-state index contributed by atoms with van der Waals surface area (Å²) in [4.78, 5) is 15.4. The normalized spacial score (nSPS) is 11.8. The first kappa shape index (κ1) is 38.8. The van der Waals surface area contributed by atoms with Gasteiger partial charge in [0.05, 0.1) is 16.7 Å². The maximum absolute atomic E-state index is 6.94. The van der Waals surface area contributed by atoms with Crippen molar-refractivity contribution in [3.63, 3.8) is 0 Å². The minimum atomic E-state index is 0.571. The van der Waals surface area contributed by atoms with Crippen LogP contribution in [-0.4, -0.2) is 19.5 Å². The van der Waals surface area contributed by atoms with Crippen LogP contribution in [0.15, 0.2) is 239 Å². The summed E-state index contributed by atoms with van der Waals surface area (Å²) in [6, 6.07) is 80.3. The molecule has 0 saturated heterocycles. The summed E-state index contributed by atoms with van der Waals surface area (Å²) < 4.78 is 15.9. The maximum atomic E-state index is 6.94. The van der Waals surface area contributed by atoms with Gasteiger partial charge in [-0.25, -0.2) is 15.0 Å². The fourth-order valence-corrected chi connectivity index (χ4v) is 10.3. The molecule has 0 amide bonds. The van der Waals surface area contributed by atoms with E-state index in [-0.39, 0.29) is 0 Å². The molecule has 0 spiro atoms. The molecule has 4 aromatic heterocycles. The van der Waals surface area contributed by atoms with Crippen molar-refractivity contribution in [3.05, 3.63) is 231 Å². The highest BCUT2D eigenvalue weighted by molar-refractivity contribution is 6.18. The highest BCUT2D eigenvalue weighted by Gasteiger charge is 2.22. The molecule has 0 unspecified atom stereocenters. The van der Waals surface area contributed by atoms with Gasteiger partial charge >= 0.3 is 0 Å². The van der Waals surface area contributed by atoms with Gasteiger partial charge in [0.15, 0.2) is 23.1 Å². The molecule has 0 N–H and O–H groups in total. The Morgan fingerprint density at radius 1 is 0.290 bits per heavy atom. The fraction of sp³-hybridized carbons (Fsp3) is 0. The van der Waals surface area contributed by atoms with Gasteiger partial charge in [-0.15, -0.1) is 0 Å². The Labute approximate surface area is 396 Å². The molecule has 0 atom stereocenters. The van der Waals surface area contributed by atoms with Crippen LogP contribution in [0, 0.1) is 0 Å². The Morgan fingerprint density at radius 2 is 0.797 bits per heavy atom. The van der Waals surface area contributed by atoms with Crippen LogP contribution in [0.1, 0.15) is 0 Å². The lowest BCUT2D eigenvalue weighted by Gasteiger charge is -2.10. The van der Waals surface area contributed by atoms with Crippen LogP contribution in [0.5, 0.6) is 0 Å². The third-order valence-corrected chi connectivity index (χ3v) is 13.5. The molecule has 0 aliphatic carbocycles. The van der Waals surface area contributed by atoms with E-state index in [0.717, 1.165) is 99.5 Å². The standard InChI is InChI=1S/C63H38N4O2/c1-4-15-39(16-5-1)41-29-31-43(32-30-41)62-64-61(42-19-8-3-9-20-42)65-63(66-62)49-24-14-27-56-59(49)51-38-45(34-36-55(51)68-56)46-22-13-28-57-58(46)48-23-12-26-54(60(48)69-57)67-52-25-11-10-21-47(52)50-37-44(33-35-53(50)67)40-17-6-2-7-18-40/h1-38H. The molecule has 0 fully saturated rings. The van der Waals surface area contributed by atoms with Crippen LogP contribution in [-0.2, 0) is 0 Å². The molecule has 0 aliphatic rings. The molecule has 10 aromatic carbocycles. The average molecular weight is 883 g/mol. The number of fused-ring (bicyclic) bond motifs is 9. The number of furan rings is 2. The van der Waals surface area contributed by atoms with Gasteiger partial charge in [-0.3, -0.25) is 0 Å². The van der Waals surface area contributed by atoms with E-state index in [1.54, 1.807) is 0 Å². The smallest absolute Gasteiger partial charge is 0.164 e. The Morgan fingerprint density at radius 3 is 1.55 bits per heavy atom. The second-order valence-corrected chi connectivity index (χ2v) is 17.5. The molecule has 322 valence electrons. The molecular formula is C63H38N4O2. The van der Waals surface area contributed by atoms with Crippen molar-refractivity contribution in [2.45, 2.75) is 0 Å². The third kappa shape index (κ3) is 6.38. The molecule has 0 saturated carbocycles. The minimum absolute atomic E-state index is 0.571. The second-order valence-electron chi connectivity index (χ2n) is 17.5. The molecule has 0 bridgehead atoms. The lowest BCUT2D eigenvalue weighted by Crippen LogP contribution is -2.00. The van der Waals surface area contributed by atoms with Crippen LogP contribution >= 0.6 is 0 Å². The van der Waals surface area contributed by atoms with Gasteiger partial charge < -0.3 is 13.4 Å². The largest absolute Gasteiger partial charge is 0.456 e. The number of hydrogen-bond acceptors (Lipinski definition) is 5. The molecule has 0 aliphatic heterocycles. The number of para-hydroxylation sites is 2. The molecule has 6 nitrogen and oxygen atoms in total. The Balaban J connectivity index is 0.920. The summed E-state index contributed by atoms with van der Waals surface area (Å²) in [5.74, 6) is 1.77. The van der Waals surface area contributed by atoms with E-state index in [9.17, 15) is 0 Å². The highest BCUT2D eigenvalue weighted by atomic mass is 16.3. The van der Waals surface area contributed by atoms with Gasteiger partial charge in [-0.2, -0.15) is 0 Å². The van der Waals surface area contributed by atoms with Crippen molar-refractivity contribution in [2.24, 2.45) is 0 Å². The van der Waals surface area contributed by atoms with Gasteiger partial charge in [0.1, 0.15) is 16.7 Å². The summed E-state index contributed by atoms with van der Waals surface area (Å²) >= 11 is 0. The zero-order valence-corrected chi connectivity index (χ0v) is 37.0. The van der Waals surface area contributed by atoms with Crippen molar-refractivity contribution < 1.29 is 8.83 Å². The van der Waals surface area contributed by atoms with Crippen molar-refractivity contribution in [1.29, 1.82) is 0 Å². The molecule has 6 heteroatoms. The van der Waals surface area contributed by atoms with Gasteiger partial charge in [0.25, 0.3) is 0 Å². The van der Waals surface area contributed by atoms with Crippen LogP contribution in [0.25, 0.3) is 139 Å². The van der Waals surface area contributed by atoms with Crippen LogP contribution in [0.3, 0.4) is 0 Å². The molecule has 14 rings (SSSR count). The maximum Gasteiger partial charge on any atom is 0.164 e. The summed E-state index contributed by atoms with van der Waals surface area (Å²) in [5, 5.41) is 6.41. The third-order valence-electron chi connectivity index (χ3n) is 13.5. The fourth-order valence-electron chi connectivity index (χ4n) is 10.3. The highest BCUT2D eigenvalue weighted by Crippen LogP contribution is 2.44. The SMILES string of the molecule is c1ccc(-c2ccc(-c3nc(-c4ccccc4)nc(-c4cccc5oc6ccc(-c7cccc8oc9c(-n%10c%11ccccc%11c%11cc(-c%12ccccc%12)ccc%11%10)cccc9c78)cc6c45)n3)cc2)cc1. The molecule has 0 radical (unpaired) electrons.